The predicted molar refractivity (Wildman–Crippen MR) is 139 cm³/mol. The molecule has 196 valence electrons. The Morgan fingerprint density at radius 2 is 1.67 bits per heavy atom. The van der Waals surface area contributed by atoms with Crippen LogP contribution >= 0.6 is 0 Å². The molecule has 0 radical (unpaired) electrons. The molecule has 3 amide bonds. The molecule has 3 N–H and O–H groups in total. The number of aliphatic hydroxyl groups excluding tert-OH is 1. The van der Waals surface area contributed by atoms with Crippen LogP contribution in [-0.4, -0.2) is 52.2 Å². The van der Waals surface area contributed by atoms with Crippen LogP contribution in [0.1, 0.15) is 62.9 Å². The Morgan fingerprint density at radius 1 is 1.03 bits per heavy atom. The van der Waals surface area contributed by atoms with Crippen LogP contribution in [0.2, 0.25) is 0 Å². The van der Waals surface area contributed by atoms with E-state index in [4.69, 9.17) is 4.74 Å². The van der Waals surface area contributed by atoms with Gasteiger partial charge < -0.3 is 25.4 Å². The molecule has 0 heterocycles. The molecule has 0 aromatic heterocycles. The molecule has 0 aliphatic carbocycles. The average molecular weight is 498 g/mol. The molecule has 0 saturated carbocycles. The van der Waals surface area contributed by atoms with Crippen molar-refractivity contribution in [2.45, 2.75) is 78.7 Å². The molecule has 0 spiro atoms. The van der Waals surface area contributed by atoms with Gasteiger partial charge in [-0.15, -0.1) is 0 Å². The molecule has 0 saturated heterocycles. The molecule has 2 aromatic carbocycles. The summed E-state index contributed by atoms with van der Waals surface area (Å²) in [4.78, 5) is 41.1. The summed E-state index contributed by atoms with van der Waals surface area (Å²) in [7, 11) is 0. The molecule has 0 aliphatic heterocycles. The highest BCUT2D eigenvalue weighted by Crippen LogP contribution is 2.28. The first-order valence-electron chi connectivity index (χ1n) is 12.2. The third-order valence-corrected chi connectivity index (χ3v) is 5.54. The van der Waals surface area contributed by atoms with E-state index in [9.17, 15) is 19.5 Å². The monoisotopic (exact) mass is 497 g/mol. The summed E-state index contributed by atoms with van der Waals surface area (Å²) in [5, 5.41) is 15.4. The van der Waals surface area contributed by atoms with Crippen molar-refractivity contribution in [3.05, 3.63) is 70.8 Å². The Bertz CT molecular complexity index is 1050. The normalized spacial score (nSPS) is 13.0. The highest BCUT2D eigenvalue weighted by atomic mass is 16.6. The number of benzene rings is 2. The smallest absolute Gasteiger partial charge is 0.408 e. The standard InChI is InChI=1S/C28H39N3O5/c1-18(2)31(26(34)23(17-32)30-27(35)36-28(5,6)7)24(22-14-13-19(3)15-20(22)4)25(33)29-16-21-11-9-8-10-12-21/h8-15,18,23-24,32H,16-17H2,1-7H3,(H,29,33)(H,30,35). The topological polar surface area (TPSA) is 108 Å². The molecule has 0 bridgehead atoms. The number of alkyl carbamates (subject to hydrolysis) is 1. The third-order valence-electron chi connectivity index (χ3n) is 5.54. The fourth-order valence-corrected chi connectivity index (χ4v) is 3.93. The van der Waals surface area contributed by atoms with Crippen molar-refractivity contribution in [3.63, 3.8) is 0 Å². The van der Waals surface area contributed by atoms with Crippen LogP contribution in [0.15, 0.2) is 48.5 Å². The molecule has 8 heteroatoms. The van der Waals surface area contributed by atoms with E-state index in [1.165, 1.54) is 4.90 Å². The highest BCUT2D eigenvalue weighted by molar-refractivity contribution is 5.92. The van der Waals surface area contributed by atoms with Gasteiger partial charge in [0.1, 0.15) is 17.7 Å². The summed E-state index contributed by atoms with van der Waals surface area (Å²) in [5.74, 6) is -0.944. The van der Waals surface area contributed by atoms with E-state index >= 15 is 0 Å². The maximum atomic E-state index is 13.7. The maximum absolute atomic E-state index is 13.7. The van der Waals surface area contributed by atoms with Gasteiger partial charge in [-0.05, 0) is 65.2 Å². The average Bonchev–Trinajstić information content (AvgIpc) is 2.79. The molecule has 2 unspecified atom stereocenters. The summed E-state index contributed by atoms with van der Waals surface area (Å²) in [6.07, 6.45) is -0.824. The van der Waals surface area contributed by atoms with Crippen molar-refractivity contribution in [1.82, 2.24) is 15.5 Å². The number of carbonyl (C=O) groups is 3. The van der Waals surface area contributed by atoms with E-state index in [0.29, 0.717) is 12.1 Å². The molecular formula is C28H39N3O5. The SMILES string of the molecule is Cc1ccc(C(C(=O)NCc2ccccc2)N(C(=O)C(CO)NC(=O)OC(C)(C)C)C(C)C)c(C)c1. The van der Waals surface area contributed by atoms with Gasteiger partial charge in [-0.1, -0.05) is 54.1 Å². The predicted octanol–water partition coefficient (Wildman–Crippen LogP) is 3.78. The number of carbonyl (C=O) groups excluding carboxylic acids is 3. The lowest BCUT2D eigenvalue weighted by Gasteiger charge is -2.37. The van der Waals surface area contributed by atoms with Crippen LogP contribution in [0.5, 0.6) is 0 Å². The lowest BCUT2D eigenvalue weighted by atomic mass is 9.95. The molecule has 2 aromatic rings. The second-order valence-electron chi connectivity index (χ2n) is 10.2. The zero-order valence-corrected chi connectivity index (χ0v) is 22.3. The summed E-state index contributed by atoms with van der Waals surface area (Å²) in [6, 6.07) is 12.5. The zero-order chi connectivity index (χ0) is 27.0. The molecule has 0 fully saturated rings. The van der Waals surface area contributed by atoms with E-state index in [0.717, 1.165) is 16.7 Å². The van der Waals surface area contributed by atoms with Crippen LogP contribution in [0, 0.1) is 13.8 Å². The first kappa shape index (κ1) is 28.8. The number of aliphatic hydroxyl groups is 1. The number of hydrogen-bond donors (Lipinski definition) is 3. The van der Waals surface area contributed by atoms with Crippen LogP contribution in [-0.2, 0) is 20.9 Å². The number of ether oxygens (including phenoxy) is 1. The van der Waals surface area contributed by atoms with E-state index in [-0.39, 0.29) is 5.91 Å². The van der Waals surface area contributed by atoms with Crippen LogP contribution < -0.4 is 10.6 Å². The Morgan fingerprint density at radius 3 is 2.19 bits per heavy atom. The molecule has 2 atom stereocenters. The Hall–Kier alpha value is -3.39. The van der Waals surface area contributed by atoms with Crippen LogP contribution in [0.4, 0.5) is 4.79 Å². The van der Waals surface area contributed by atoms with E-state index in [1.54, 1.807) is 34.6 Å². The van der Waals surface area contributed by atoms with Crippen molar-refractivity contribution in [2.24, 2.45) is 0 Å². The number of hydrogen-bond acceptors (Lipinski definition) is 5. The number of nitrogens with one attached hydrogen (secondary N) is 2. The van der Waals surface area contributed by atoms with Gasteiger partial charge in [0.2, 0.25) is 11.8 Å². The lowest BCUT2D eigenvalue weighted by molar-refractivity contribution is -0.145. The fraction of sp³-hybridized carbons (Fsp3) is 0.464. The largest absolute Gasteiger partial charge is 0.444 e. The second kappa shape index (κ2) is 12.5. The third kappa shape index (κ3) is 8.09. The highest BCUT2D eigenvalue weighted by Gasteiger charge is 2.38. The van der Waals surface area contributed by atoms with Crippen molar-refractivity contribution in [2.75, 3.05) is 6.61 Å². The quantitative estimate of drug-likeness (QED) is 0.489. The summed E-state index contributed by atoms with van der Waals surface area (Å²) >= 11 is 0. The van der Waals surface area contributed by atoms with Crippen LogP contribution in [0.25, 0.3) is 0 Å². The Kier molecular flexibility index (Phi) is 10.0. The number of nitrogens with zero attached hydrogens (tertiary/aromatic N) is 1. The summed E-state index contributed by atoms with van der Waals surface area (Å²) in [5.41, 5.74) is 2.70. The molecule has 2 rings (SSSR count). The number of rotatable bonds is 9. The van der Waals surface area contributed by atoms with Gasteiger partial charge in [-0.3, -0.25) is 9.59 Å². The molecular weight excluding hydrogens is 458 g/mol. The Labute approximate surface area is 214 Å². The van der Waals surface area contributed by atoms with Crippen molar-refractivity contribution in [3.8, 4) is 0 Å². The maximum Gasteiger partial charge on any atom is 0.408 e. The second-order valence-corrected chi connectivity index (χ2v) is 10.2. The van der Waals surface area contributed by atoms with E-state index in [2.05, 4.69) is 10.6 Å². The summed E-state index contributed by atoms with van der Waals surface area (Å²) in [6.45, 7) is 12.2. The van der Waals surface area contributed by atoms with Gasteiger partial charge in [0.15, 0.2) is 0 Å². The molecule has 0 aliphatic rings. The van der Waals surface area contributed by atoms with Gasteiger partial charge in [0.05, 0.1) is 6.61 Å². The van der Waals surface area contributed by atoms with E-state index in [1.807, 2.05) is 62.4 Å². The Balaban J connectivity index is 2.43. The minimum atomic E-state index is -1.28. The fourth-order valence-electron chi connectivity index (χ4n) is 3.93. The van der Waals surface area contributed by atoms with Gasteiger partial charge in [0, 0.05) is 12.6 Å². The minimum absolute atomic E-state index is 0.292. The van der Waals surface area contributed by atoms with E-state index < -0.39 is 42.3 Å². The van der Waals surface area contributed by atoms with Crippen molar-refractivity contribution < 1.29 is 24.2 Å². The van der Waals surface area contributed by atoms with Gasteiger partial charge in [-0.2, -0.15) is 0 Å². The van der Waals surface area contributed by atoms with Crippen LogP contribution in [0.3, 0.4) is 0 Å². The van der Waals surface area contributed by atoms with Crippen molar-refractivity contribution in [1.29, 1.82) is 0 Å². The first-order chi connectivity index (χ1) is 16.8. The summed E-state index contributed by atoms with van der Waals surface area (Å²) < 4.78 is 5.26. The minimum Gasteiger partial charge on any atom is -0.444 e. The van der Waals surface area contributed by atoms with Crippen molar-refractivity contribution >= 4 is 17.9 Å². The van der Waals surface area contributed by atoms with Gasteiger partial charge in [-0.25, -0.2) is 4.79 Å². The number of amides is 3. The number of aryl methyl sites for hydroxylation is 2. The molecule has 8 nitrogen and oxygen atoms in total. The van der Waals surface area contributed by atoms with Gasteiger partial charge >= 0.3 is 6.09 Å². The lowest BCUT2D eigenvalue weighted by Crippen LogP contribution is -2.56. The first-order valence-corrected chi connectivity index (χ1v) is 12.2. The van der Waals surface area contributed by atoms with Gasteiger partial charge in [0.25, 0.3) is 0 Å². The molecule has 36 heavy (non-hydrogen) atoms. The zero-order valence-electron chi connectivity index (χ0n) is 22.3.